The third-order valence-corrected chi connectivity index (χ3v) is 11.3. The first-order valence-corrected chi connectivity index (χ1v) is 17.5. The first-order chi connectivity index (χ1) is 21.7. The third kappa shape index (κ3) is 7.68. The first-order valence-electron chi connectivity index (χ1n) is 15.2. The Bertz CT molecular complexity index is 1690. The molecule has 11 nitrogen and oxygen atoms in total. The van der Waals surface area contributed by atoms with E-state index in [2.05, 4.69) is 20.3 Å². The van der Waals surface area contributed by atoms with E-state index in [1.54, 1.807) is 64.2 Å². The SMILES string of the molecule is C[C@H](NC(=O)Nc1ccc(-c2cnc(C3CCC(OC(N)=O)(C4COC4)CC3)s2)c(S(=O)(=O)NC(C)(C)C)c1)c1ccccc1F. The van der Waals surface area contributed by atoms with Crippen molar-refractivity contribution in [1.29, 1.82) is 0 Å². The van der Waals surface area contributed by atoms with Gasteiger partial charge in [0.2, 0.25) is 10.0 Å². The van der Waals surface area contributed by atoms with Crippen LogP contribution in [0.4, 0.5) is 19.7 Å². The number of carbonyl (C=O) groups is 2. The second-order valence-corrected chi connectivity index (χ2v) is 15.7. The number of nitrogens with zero attached hydrogens (tertiary/aromatic N) is 1. The molecule has 2 heterocycles. The summed E-state index contributed by atoms with van der Waals surface area (Å²) in [4.78, 5) is 29.8. The maximum atomic E-state index is 14.2. The zero-order chi connectivity index (χ0) is 33.3. The molecule has 1 atom stereocenters. The molecule has 2 aliphatic rings. The maximum absolute atomic E-state index is 14.2. The molecular weight excluding hydrogens is 634 g/mol. The number of urea groups is 1. The number of hydrogen-bond acceptors (Lipinski definition) is 8. The Labute approximate surface area is 272 Å². The number of hydrogen-bond donors (Lipinski definition) is 4. The number of thiazole rings is 1. The van der Waals surface area contributed by atoms with Crippen LogP contribution in [0, 0.1) is 11.7 Å². The van der Waals surface area contributed by atoms with Crippen LogP contribution >= 0.6 is 11.3 Å². The lowest BCUT2D eigenvalue weighted by atomic mass is 9.71. The van der Waals surface area contributed by atoms with E-state index in [0.29, 0.717) is 42.1 Å². The lowest BCUT2D eigenvalue weighted by Crippen LogP contribution is -2.53. The second kappa shape index (κ2) is 13.3. The molecule has 1 aromatic heterocycles. The summed E-state index contributed by atoms with van der Waals surface area (Å²) in [5, 5.41) is 6.24. The zero-order valence-electron chi connectivity index (χ0n) is 26.3. The minimum atomic E-state index is -4.04. The molecule has 0 spiro atoms. The Morgan fingerprint density at radius 1 is 1.15 bits per heavy atom. The number of aromatic nitrogens is 1. The Hall–Kier alpha value is -3.59. The van der Waals surface area contributed by atoms with Crippen LogP contribution in [0.1, 0.15) is 75.9 Å². The van der Waals surface area contributed by atoms with Crippen molar-refractivity contribution in [3.63, 3.8) is 0 Å². The van der Waals surface area contributed by atoms with E-state index in [-0.39, 0.29) is 22.4 Å². The molecule has 3 amide bonds. The van der Waals surface area contributed by atoms with Gasteiger partial charge in [-0.3, -0.25) is 0 Å². The molecule has 0 bridgehead atoms. The van der Waals surface area contributed by atoms with Gasteiger partial charge in [0.1, 0.15) is 11.4 Å². The number of primary amides is 1. The van der Waals surface area contributed by atoms with Crippen LogP contribution in [0.3, 0.4) is 0 Å². The van der Waals surface area contributed by atoms with Crippen molar-refractivity contribution in [3.05, 3.63) is 65.0 Å². The standard InChI is InChI=1S/C32H40FN5O6S2/c1-19(23-7-5-6-8-25(23)33)36-30(40)37-22-9-10-24(27(15-22)46(41,42)38-31(2,3)4)26-16-35-28(45-26)20-11-13-32(14-12-20,44-29(34)39)21-17-43-18-21/h5-10,15-16,19-21,38H,11-14,17-18H2,1-4H3,(H2,34,39)(H2,36,37,40)/t19-,20?,32?/m0/s1. The molecule has 1 aliphatic carbocycles. The van der Waals surface area contributed by atoms with E-state index in [1.807, 2.05) is 0 Å². The number of sulfonamides is 1. The summed E-state index contributed by atoms with van der Waals surface area (Å²) >= 11 is 1.41. The molecule has 2 fully saturated rings. The summed E-state index contributed by atoms with van der Waals surface area (Å²) in [5.74, 6) is -0.212. The molecule has 46 heavy (non-hydrogen) atoms. The Morgan fingerprint density at radius 3 is 2.46 bits per heavy atom. The molecular formula is C32H40FN5O6S2. The summed E-state index contributed by atoms with van der Waals surface area (Å²) in [6, 6.07) is 9.59. The fourth-order valence-electron chi connectivity index (χ4n) is 6.04. The Kier molecular flexibility index (Phi) is 9.73. The van der Waals surface area contributed by atoms with E-state index in [9.17, 15) is 22.4 Å². The van der Waals surface area contributed by atoms with E-state index < -0.39 is 45.1 Å². The fourth-order valence-corrected chi connectivity index (χ4v) is 8.90. The number of anilines is 1. The van der Waals surface area contributed by atoms with Crippen molar-refractivity contribution in [1.82, 2.24) is 15.0 Å². The van der Waals surface area contributed by atoms with Crippen LogP contribution < -0.4 is 21.1 Å². The van der Waals surface area contributed by atoms with Crippen molar-refractivity contribution in [2.24, 2.45) is 11.7 Å². The largest absolute Gasteiger partial charge is 0.443 e. The van der Waals surface area contributed by atoms with E-state index in [0.717, 1.165) is 17.8 Å². The highest BCUT2D eigenvalue weighted by Gasteiger charge is 2.48. The number of carbonyl (C=O) groups excluding carboxylic acids is 2. The maximum Gasteiger partial charge on any atom is 0.405 e. The van der Waals surface area contributed by atoms with Gasteiger partial charge >= 0.3 is 12.1 Å². The van der Waals surface area contributed by atoms with Crippen molar-refractivity contribution in [2.45, 2.75) is 81.4 Å². The van der Waals surface area contributed by atoms with Crippen LogP contribution in [-0.4, -0.2) is 49.9 Å². The summed E-state index contributed by atoms with van der Waals surface area (Å²) in [6.45, 7) is 7.97. The predicted octanol–water partition coefficient (Wildman–Crippen LogP) is 6.05. The first kappa shape index (κ1) is 33.8. The minimum absolute atomic E-state index is 0.0138. The molecule has 5 rings (SSSR count). The zero-order valence-corrected chi connectivity index (χ0v) is 27.9. The van der Waals surface area contributed by atoms with Crippen molar-refractivity contribution < 1.29 is 31.9 Å². The van der Waals surface area contributed by atoms with Gasteiger partial charge in [0.15, 0.2) is 0 Å². The number of nitrogens with one attached hydrogen (secondary N) is 3. The average molecular weight is 674 g/mol. The lowest BCUT2D eigenvalue weighted by molar-refractivity contribution is -0.160. The summed E-state index contributed by atoms with van der Waals surface area (Å²) in [5.41, 5.74) is 5.03. The second-order valence-electron chi connectivity index (χ2n) is 13.0. The number of nitrogens with two attached hydrogens (primary N) is 1. The molecule has 14 heteroatoms. The molecule has 248 valence electrons. The van der Waals surface area contributed by atoms with Gasteiger partial charge in [0.05, 0.1) is 34.0 Å². The summed E-state index contributed by atoms with van der Waals surface area (Å²) in [7, 11) is -4.04. The van der Waals surface area contributed by atoms with E-state index >= 15 is 0 Å². The molecule has 0 radical (unpaired) electrons. The monoisotopic (exact) mass is 673 g/mol. The third-order valence-electron chi connectivity index (χ3n) is 8.35. The van der Waals surface area contributed by atoms with Crippen LogP contribution in [-0.2, 0) is 19.5 Å². The smallest absolute Gasteiger partial charge is 0.405 e. The highest BCUT2D eigenvalue weighted by Crippen LogP contribution is 2.47. The quantitative estimate of drug-likeness (QED) is 0.215. The summed E-state index contributed by atoms with van der Waals surface area (Å²) < 4.78 is 55.3. The molecule has 0 unspecified atom stereocenters. The molecule has 5 N–H and O–H groups in total. The van der Waals surface area contributed by atoms with Gasteiger partial charge in [-0.2, -0.15) is 0 Å². The summed E-state index contributed by atoms with van der Waals surface area (Å²) in [6.07, 6.45) is 3.62. The van der Waals surface area contributed by atoms with Gasteiger partial charge in [-0.25, -0.2) is 32.1 Å². The Balaban J connectivity index is 1.37. The minimum Gasteiger partial charge on any atom is -0.443 e. The van der Waals surface area contributed by atoms with Crippen molar-refractivity contribution in [2.75, 3.05) is 18.5 Å². The molecule has 3 aromatic rings. The molecule has 1 aliphatic heterocycles. The molecule has 1 saturated heterocycles. The fraction of sp³-hybridized carbons (Fsp3) is 0.469. The van der Waals surface area contributed by atoms with Crippen LogP contribution in [0.25, 0.3) is 10.4 Å². The van der Waals surface area contributed by atoms with Gasteiger partial charge in [-0.15, -0.1) is 11.3 Å². The highest BCUT2D eigenvalue weighted by atomic mass is 32.2. The normalized spacial score (nSPS) is 21.2. The number of ether oxygens (including phenoxy) is 2. The van der Waals surface area contributed by atoms with Crippen molar-refractivity contribution >= 4 is 39.2 Å². The predicted molar refractivity (Wildman–Crippen MR) is 174 cm³/mol. The number of benzene rings is 2. The van der Waals surface area contributed by atoms with Gasteiger partial charge < -0.3 is 25.8 Å². The van der Waals surface area contributed by atoms with Crippen LogP contribution in [0.15, 0.2) is 53.6 Å². The van der Waals surface area contributed by atoms with Gasteiger partial charge in [-0.05, 0) is 71.6 Å². The van der Waals surface area contributed by atoms with Crippen LogP contribution in [0.5, 0.6) is 0 Å². The number of amides is 3. The molecule has 2 aromatic carbocycles. The average Bonchev–Trinajstić information content (AvgIpc) is 3.41. The van der Waals surface area contributed by atoms with Crippen molar-refractivity contribution in [3.8, 4) is 10.4 Å². The highest BCUT2D eigenvalue weighted by molar-refractivity contribution is 7.89. The van der Waals surface area contributed by atoms with Gasteiger partial charge in [0.25, 0.3) is 0 Å². The Morgan fingerprint density at radius 2 is 1.85 bits per heavy atom. The lowest BCUT2D eigenvalue weighted by Gasteiger charge is -2.47. The molecule has 1 saturated carbocycles. The van der Waals surface area contributed by atoms with E-state index in [1.165, 1.54) is 23.5 Å². The number of rotatable bonds is 9. The number of halogens is 1. The van der Waals surface area contributed by atoms with Crippen LogP contribution in [0.2, 0.25) is 0 Å². The van der Waals surface area contributed by atoms with Gasteiger partial charge in [0, 0.05) is 40.4 Å². The topological polar surface area (TPSA) is 162 Å². The van der Waals surface area contributed by atoms with E-state index in [4.69, 9.17) is 15.2 Å². The van der Waals surface area contributed by atoms with Gasteiger partial charge in [-0.1, -0.05) is 24.3 Å².